The minimum absolute atomic E-state index is 0.250. The van der Waals surface area contributed by atoms with E-state index in [2.05, 4.69) is 22.4 Å². The van der Waals surface area contributed by atoms with Crippen molar-refractivity contribution in [3.05, 3.63) is 5.01 Å². The average molecular weight is 358 g/mol. The molecule has 2 heterocycles. The molecule has 0 spiro atoms. The van der Waals surface area contributed by atoms with Gasteiger partial charge in [-0.3, -0.25) is 15.0 Å². The van der Waals surface area contributed by atoms with Crippen molar-refractivity contribution in [2.24, 2.45) is 0 Å². The molecule has 0 aromatic carbocycles. The lowest BCUT2D eigenvalue weighted by Gasteiger charge is -2.27. The Morgan fingerprint density at radius 3 is 2.78 bits per heavy atom. The first kappa shape index (κ1) is 18.0. The van der Waals surface area contributed by atoms with E-state index in [1.54, 1.807) is 20.8 Å². The monoisotopic (exact) mass is 358 g/mol. The highest BCUT2D eigenvalue weighted by atomic mass is 32.2. The fourth-order valence-corrected chi connectivity index (χ4v) is 3.95. The number of carbonyl (C=O) groups excluding carboxylic acids is 2. The van der Waals surface area contributed by atoms with Crippen molar-refractivity contribution >= 4 is 40.2 Å². The maximum atomic E-state index is 12.4. The number of ether oxygens (including phenoxy) is 1. The molecule has 1 aliphatic heterocycles. The standard InChI is InChI=1S/C14H22N4O3S2/c1-5-6-10-16-17-12(23-10)15-11(19)9-7-22-8-18(9)13(20)21-14(2,3)4/h9H,5-8H2,1-4H3,(H,15,17,19)/t9-/m0/s1. The summed E-state index contributed by atoms with van der Waals surface area (Å²) in [6.45, 7) is 7.48. The van der Waals surface area contributed by atoms with Gasteiger partial charge in [-0.15, -0.1) is 22.0 Å². The zero-order chi connectivity index (χ0) is 17.0. The van der Waals surface area contributed by atoms with Crippen molar-refractivity contribution in [3.8, 4) is 0 Å². The third-order valence-electron chi connectivity index (χ3n) is 2.97. The summed E-state index contributed by atoms with van der Waals surface area (Å²) in [5.74, 6) is 0.746. The van der Waals surface area contributed by atoms with E-state index in [1.807, 2.05) is 0 Å². The quantitative estimate of drug-likeness (QED) is 0.891. The number of hydrogen-bond donors (Lipinski definition) is 1. The first-order valence-corrected chi connectivity index (χ1v) is 9.48. The summed E-state index contributed by atoms with van der Waals surface area (Å²) < 4.78 is 5.36. The Labute approximate surface area is 144 Å². The fourth-order valence-electron chi connectivity index (χ4n) is 1.97. The van der Waals surface area contributed by atoms with E-state index in [1.165, 1.54) is 28.0 Å². The van der Waals surface area contributed by atoms with E-state index >= 15 is 0 Å². The number of aryl methyl sites for hydroxylation is 1. The SMILES string of the molecule is CCCc1nnc(NC(=O)[C@@H]2CSCN2C(=O)OC(C)(C)C)s1. The van der Waals surface area contributed by atoms with Gasteiger partial charge in [0.25, 0.3) is 0 Å². The molecule has 1 aliphatic rings. The van der Waals surface area contributed by atoms with Crippen molar-refractivity contribution in [2.75, 3.05) is 16.9 Å². The van der Waals surface area contributed by atoms with Gasteiger partial charge in [0.05, 0.1) is 5.88 Å². The topological polar surface area (TPSA) is 84.4 Å². The lowest BCUT2D eigenvalue weighted by Crippen LogP contribution is -2.46. The molecule has 0 bridgehead atoms. The maximum absolute atomic E-state index is 12.4. The van der Waals surface area contributed by atoms with Gasteiger partial charge in [-0.05, 0) is 27.2 Å². The van der Waals surface area contributed by atoms with E-state index in [-0.39, 0.29) is 5.91 Å². The molecule has 0 unspecified atom stereocenters. The molecule has 0 aliphatic carbocycles. The summed E-state index contributed by atoms with van der Waals surface area (Å²) in [5, 5.41) is 12.1. The predicted molar refractivity (Wildman–Crippen MR) is 91.7 cm³/mol. The summed E-state index contributed by atoms with van der Waals surface area (Å²) in [5.41, 5.74) is -0.584. The van der Waals surface area contributed by atoms with Gasteiger partial charge >= 0.3 is 6.09 Å². The van der Waals surface area contributed by atoms with Crippen molar-refractivity contribution < 1.29 is 14.3 Å². The highest BCUT2D eigenvalue weighted by Crippen LogP contribution is 2.25. The normalized spacial score (nSPS) is 18.1. The van der Waals surface area contributed by atoms with Crippen LogP contribution in [0.15, 0.2) is 0 Å². The second-order valence-electron chi connectivity index (χ2n) is 6.21. The molecular weight excluding hydrogens is 336 g/mol. The van der Waals surface area contributed by atoms with Gasteiger partial charge in [0.15, 0.2) is 0 Å². The minimum atomic E-state index is -0.584. The number of nitrogens with one attached hydrogen (secondary N) is 1. The van der Waals surface area contributed by atoms with Crippen LogP contribution >= 0.6 is 23.1 Å². The van der Waals surface area contributed by atoms with Gasteiger partial charge in [0, 0.05) is 12.2 Å². The second-order valence-corrected chi connectivity index (χ2v) is 8.27. The molecule has 2 rings (SSSR count). The number of amides is 2. The Balaban J connectivity index is 1.98. The van der Waals surface area contributed by atoms with Crippen LogP contribution in [-0.2, 0) is 16.0 Å². The molecule has 0 saturated carbocycles. The van der Waals surface area contributed by atoms with Crippen LogP contribution in [0.5, 0.6) is 0 Å². The number of thioether (sulfide) groups is 1. The number of carbonyl (C=O) groups is 2. The highest BCUT2D eigenvalue weighted by Gasteiger charge is 2.37. The summed E-state index contributed by atoms with van der Waals surface area (Å²) in [4.78, 5) is 26.1. The van der Waals surface area contributed by atoms with Crippen molar-refractivity contribution in [1.29, 1.82) is 0 Å². The van der Waals surface area contributed by atoms with Crippen LogP contribution in [0.1, 0.15) is 39.1 Å². The average Bonchev–Trinajstić information content (AvgIpc) is 3.06. The largest absolute Gasteiger partial charge is 0.444 e. The van der Waals surface area contributed by atoms with Crippen LogP contribution in [0.25, 0.3) is 0 Å². The molecule has 1 aromatic heterocycles. The van der Waals surface area contributed by atoms with E-state index in [0.29, 0.717) is 16.8 Å². The van der Waals surface area contributed by atoms with E-state index < -0.39 is 17.7 Å². The summed E-state index contributed by atoms with van der Waals surface area (Å²) in [7, 11) is 0. The molecule has 23 heavy (non-hydrogen) atoms. The molecule has 1 atom stereocenters. The molecule has 128 valence electrons. The number of hydrogen-bond acceptors (Lipinski definition) is 7. The van der Waals surface area contributed by atoms with Crippen LogP contribution in [0.4, 0.5) is 9.93 Å². The molecule has 0 radical (unpaired) electrons. The van der Waals surface area contributed by atoms with Crippen LogP contribution in [0.3, 0.4) is 0 Å². The Bertz CT molecular complexity index is 571. The van der Waals surface area contributed by atoms with Crippen LogP contribution in [-0.4, -0.2) is 50.4 Å². The number of nitrogens with zero attached hydrogens (tertiary/aromatic N) is 3. The van der Waals surface area contributed by atoms with Crippen LogP contribution < -0.4 is 5.32 Å². The highest BCUT2D eigenvalue weighted by molar-refractivity contribution is 7.99. The maximum Gasteiger partial charge on any atom is 0.411 e. The zero-order valence-electron chi connectivity index (χ0n) is 13.8. The van der Waals surface area contributed by atoms with E-state index in [4.69, 9.17) is 4.74 Å². The molecule has 7 nitrogen and oxygen atoms in total. The molecule has 9 heteroatoms. The first-order chi connectivity index (χ1) is 10.8. The van der Waals surface area contributed by atoms with E-state index in [9.17, 15) is 9.59 Å². The van der Waals surface area contributed by atoms with Gasteiger partial charge < -0.3 is 4.74 Å². The first-order valence-electron chi connectivity index (χ1n) is 7.50. The molecule has 1 fully saturated rings. The van der Waals surface area contributed by atoms with Crippen molar-refractivity contribution in [2.45, 2.75) is 52.2 Å². The smallest absolute Gasteiger partial charge is 0.411 e. The minimum Gasteiger partial charge on any atom is -0.444 e. The number of anilines is 1. The summed E-state index contributed by atoms with van der Waals surface area (Å²) in [6, 6.07) is -0.548. The molecule has 1 N–H and O–H groups in total. The van der Waals surface area contributed by atoms with Crippen molar-refractivity contribution in [3.63, 3.8) is 0 Å². The third kappa shape index (κ3) is 5.07. The second kappa shape index (κ2) is 7.48. The number of rotatable bonds is 4. The van der Waals surface area contributed by atoms with Gasteiger partial charge in [0.2, 0.25) is 11.0 Å². The van der Waals surface area contributed by atoms with E-state index in [0.717, 1.165) is 17.8 Å². The molecule has 2 amide bonds. The lowest BCUT2D eigenvalue weighted by atomic mass is 10.2. The Hall–Kier alpha value is -1.35. The number of aromatic nitrogens is 2. The molecule has 1 aromatic rings. The lowest BCUT2D eigenvalue weighted by molar-refractivity contribution is -0.120. The van der Waals surface area contributed by atoms with Gasteiger partial charge in [0.1, 0.15) is 16.7 Å². The zero-order valence-corrected chi connectivity index (χ0v) is 15.4. The predicted octanol–water partition coefficient (Wildman–Crippen LogP) is 2.74. The van der Waals surface area contributed by atoms with Crippen LogP contribution in [0, 0.1) is 0 Å². The van der Waals surface area contributed by atoms with Crippen LogP contribution in [0.2, 0.25) is 0 Å². The van der Waals surface area contributed by atoms with Gasteiger partial charge in [-0.25, -0.2) is 4.79 Å². The molecular formula is C14H22N4O3S2. The Morgan fingerprint density at radius 1 is 1.39 bits per heavy atom. The van der Waals surface area contributed by atoms with Gasteiger partial charge in [-0.2, -0.15) is 0 Å². The molecule has 1 saturated heterocycles. The van der Waals surface area contributed by atoms with Gasteiger partial charge in [-0.1, -0.05) is 18.3 Å². The Kier molecular flexibility index (Phi) is 5.85. The Morgan fingerprint density at radius 2 is 2.13 bits per heavy atom. The third-order valence-corrected chi connectivity index (χ3v) is 4.88. The van der Waals surface area contributed by atoms with Crippen molar-refractivity contribution in [1.82, 2.24) is 15.1 Å². The summed E-state index contributed by atoms with van der Waals surface area (Å²) in [6.07, 6.45) is 1.36. The fraction of sp³-hybridized carbons (Fsp3) is 0.714. The summed E-state index contributed by atoms with van der Waals surface area (Å²) >= 11 is 2.90.